The Morgan fingerprint density at radius 1 is 0.800 bits per heavy atom. The molecule has 40 heavy (non-hydrogen) atoms. The molecular formula is C33H22N2O5. The highest BCUT2D eigenvalue weighted by atomic mass is 16.6. The predicted molar refractivity (Wildman–Crippen MR) is 150 cm³/mol. The van der Waals surface area contributed by atoms with Crippen LogP contribution >= 0.6 is 0 Å². The van der Waals surface area contributed by atoms with Gasteiger partial charge in [0, 0.05) is 40.4 Å². The molecule has 4 aromatic carbocycles. The molecule has 3 atom stereocenters. The molecule has 7 rings (SSSR count). The van der Waals surface area contributed by atoms with Gasteiger partial charge in [-0.15, -0.1) is 0 Å². The van der Waals surface area contributed by atoms with Crippen molar-refractivity contribution in [3.8, 4) is 0 Å². The molecule has 0 radical (unpaired) electrons. The number of para-hydroxylation sites is 1. The molecule has 1 spiro atoms. The molecule has 1 saturated heterocycles. The Hall–Kier alpha value is -5.17. The lowest BCUT2D eigenvalue weighted by Gasteiger charge is -2.37. The number of ketones is 3. The van der Waals surface area contributed by atoms with Gasteiger partial charge in [-0.1, -0.05) is 97.1 Å². The Labute approximate surface area is 229 Å². The third kappa shape index (κ3) is 3.09. The first kappa shape index (κ1) is 23.9. The lowest BCUT2D eigenvalue weighted by atomic mass is 9.64. The Morgan fingerprint density at radius 2 is 1.45 bits per heavy atom. The van der Waals surface area contributed by atoms with Crippen LogP contribution in [-0.4, -0.2) is 34.4 Å². The third-order valence-corrected chi connectivity index (χ3v) is 8.48. The Kier molecular flexibility index (Phi) is 5.19. The first-order valence-corrected chi connectivity index (χ1v) is 13.0. The van der Waals surface area contributed by atoms with E-state index in [9.17, 15) is 24.5 Å². The Morgan fingerprint density at radius 3 is 2.15 bits per heavy atom. The smallest absolute Gasteiger partial charge is 0.270 e. The molecule has 1 fully saturated rings. The number of Topliss-reactive ketones (excluding diaryl/α,β-unsaturated/α-hetero) is 3. The van der Waals surface area contributed by atoms with E-state index in [0.717, 1.165) is 11.3 Å². The Balaban J connectivity index is 1.53. The van der Waals surface area contributed by atoms with Gasteiger partial charge < -0.3 is 4.90 Å². The number of non-ortho nitro benzene ring substituents is 1. The summed E-state index contributed by atoms with van der Waals surface area (Å²) in [4.78, 5) is 56.6. The van der Waals surface area contributed by atoms with Crippen LogP contribution < -0.4 is 4.90 Å². The number of benzene rings is 4. The fourth-order valence-electron chi connectivity index (χ4n) is 6.89. The van der Waals surface area contributed by atoms with E-state index in [1.165, 1.54) is 18.2 Å². The van der Waals surface area contributed by atoms with Crippen LogP contribution in [0.2, 0.25) is 0 Å². The molecule has 0 aromatic heterocycles. The number of nitro groups is 1. The summed E-state index contributed by atoms with van der Waals surface area (Å²) in [5.41, 5.74) is 1.32. The monoisotopic (exact) mass is 526 g/mol. The number of nitro benzene ring substituents is 1. The molecule has 0 unspecified atom stereocenters. The summed E-state index contributed by atoms with van der Waals surface area (Å²) in [6.07, 6.45) is 3.77. The molecule has 3 aliphatic rings. The maximum atomic E-state index is 14.6. The van der Waals surface area contributed by atoms with Crippen molar-refractivity contribution in [3.63, 3.8) is 0 Å². The summed E-state index contributed by atoms with van der Waals surface area (Å²) in [6.45, 7) is 0. The van der Waals surface area contributed by atoms with Gasteiger partial charge in [0.15, 0.2) is 17.3 Å². The largest absolute Gasteiger partial charge is 0.352 e. The van der Waals surface area contributed by atoms with Crippen LogP contribution in [0.4, 0.5) is 11.4 Å². The van der Waals surface area contributed by atoms with Crippen LogP contribution in [0.1, 0.15) is 48.1 Å². The topological polar surface area (TPSA) is 97.6 Å². The molecule has 1 aliphatic carbocycles. The van der Waals surface area contributed by atoms with E-state index in [0.29, 0.717) is 16.7 Å². The number of nitrogens with zero attached hydrogens (tertiary/aromatic N) is 2. The van der Waals surface area contributed by atoms with Crippen molar-refractivity contribution in [1.82, 2.24) is 0 Å². The number of hydrogen-bond donors (Lipinski definition) is 0. The van der Waals surface area contributed by atoms with Crippen LogP contribution in [0.5, 0.6) is 0 Å². The number of hydrogen-bond acceptors (Lipinski definition) is 6. The standard InChI is InChI=1S/C33H22N2O5/c36-30(22-12-8-13-23(19-22)35(39)40)29-28(21-10-2-1-3-11-21)33(31(37)24-14-5-6-15-25(24)32(33)38)27-18-17-20-9-4-7-16-26(20)34(27)29/h1-19,27-29H/t27-,28-,29+/m1/s1. The van der Waals surface area contributed by atoms with Gasteiger partial charge in [0.1, 0.15) is 11.5 Å². The van der Waals surface area contributed by atoms with Crippen molar-refractivity contribution in [1.29, 1.82) is 0 Å². The molecule has 194 valence electrons. The number of fused-ring (bicyclic) bond motifs is 5. The van der Waals surface area contributed by atoms with Crippen molar-refractivity contribution < 1.29 is 19.3 Å². The molecular weight excluding hydrogens is 504 g/mol. The third-order valence-electron chi connectivity index (χ3n) is 8.48. The minimum Gasteiger partial charge on any atom is -0.352 e. The first-order valence-electron chi connectivity index (χ1n) is 13.0. The van der Waals surface area contributed by atoms with Crippen molar-refractivity contribution >= 4 is 34.8 Å². The van der Waals surface area contributed by atoms with Gasteiger partial charge in [-0.05, 0) is 17.2 Å². The fourth-order valence-corrected chi connectivity index (χ4v) is 6.89. The average molecular weight is 527 g/mol. The highest BCUT2D eigenvalue weighted by Crippen LogP contribution is 2.60. The normalized spacial score (nSPS) is 21.7. The molecule has 2 aliphatic heterocycles. The van der Waals surface area contributed by atoms with E-state index in [4.69, 9.17) is 0 Å². The zero-order valence-corrected chi connectivity index (χ0v) is 21.1. The maximum absolute atomic E-state index is 14.6. The van der Waals surface area contributed by atoms with Crippen LogP contribution in [0.25, 0.3) is 6.08 Å². The van der Waals surface area contributed by atoms with Gasteiger partial charge in [-0.3, -0.25) is 24.5 Å². The van der Waals surface area contributed by atoms with Gasteiger partial charge >= 0.3 is 0 Å². The van der Waals surface area contributed by atoms with Gasteiger partial charge in [0.25, 0.3) is 5.69 Å². The number of rotatable bonds is 4. The number of anilines is 1. The summed E-state index contributed by atoms with van der Waals surface area (Å²) in [6, 6.07) is 27.5. The van der Waals surface area contributed by atoms with Gasteiger partial charge in [0.2, 0.25) is 0 Å². The lowest BCUT2D eigenvalue weighted by molar-refractivity contribution is -0.384. The van der Waals surface area contributed by atoms with E-state index in [2.05, 4.69) is 0 Å². The second kappa shape index (κ2) is 8.68. The molecule has 0 saturated carbocycles. The molecule has 0 bridgehead atoms. The van der Waals surface area contributed by atoms with Crippen molar-refractivity contribution in [2.45, 2.75) is 18.0 Å². The number of carbonyl (C=O) groups excluding carboxylic acids is 3. The zero-order valence-electron chi connectivity index (χ0n) is 21.1. The molecule has 7 heteroatoms. The summed E-state index contributed by atoms with van der Waals surface area (Å²) >= 11 is 0. The SMILES string of the molecule is O=C(c1cccc([N+](=O)[O-])c1)[C@@H]1[C@@H](c2ccccc2)C2(C(=O)c3ccccc3C2=O)[C@H]2C=Cc3ccccc3N12. The van der Waals surface area contributed by atoms with Crippen molar-refractivity contribution in [2.75, 3.05) is 4.90 Å². The molecule has 7 nitrogen and oxygen atoms in total. The van der Waals surface area contributed by atoms with E-state index in [1.54, 1.807) is 30.3 Å². The Bertz CT molecular complexity index is 1740. The van der Waals surface area contributed by atoms with E-state index in [1.807, 2.05) is 71.6 Å². The summed E-state index contributed by atoms with van der Waals surface area (Å²) in [5.74, 6) is -1.86. The summed E-state index contributed by atoms with van der Waals surface area (Å²) in [5, 5.41) is 11.6. The van der Waals surface area contributed by atoms with Crippen LogP contribution in [0.3, 0.4) is 0 Å². The van der Waals surface area contributed by atoms with Gasteiger partial charge in [-0.2, -0.15) is 0 Å². The van der Waals surface area contributed by atoms with Crippen LogP contribution in [-0.2, 0) is 0 Å². The zero-order chi connectivity index (χ0) is 27.6. The highest BCUT2D eigenvalue weighted by Gasteiger charge is 2.71. The quantitative estimate of drug-likeness (QED) is 0.142. The second-order valence-electron chi connectivity index (χ2n) is 10.3. The number of carbonyl (C=O) groups is 3. The summed E-state index contributed by atoms with van der Waals surface area (Å²) < 4.78 is 0. The van der Waals surface area contributed by atoms with Crippen LogP contribution in [0.15, 0.2) is 109 Å². The fraction of sp³-hybridized carbons (Fsp3) is 0.121. The second-order valence-corrected chi connectivity index (χ2v) is 10.3. The minimum atomic E-state index is -1.60. The van der Waals surface area contributed by atoms with Crippen LogP contribution in [0, 0.1) is 15.5 Å². The van der Waals surface area contributed by atoms with E-state index < -0.39 is 28.3 Å². The van der Waals surface area contributed by atoms with Crippen molar-refractivity contribution in [3.05, 3.63) is 147 Å². The molecule has 0 amide bonds. The average Bonchev–Trinajstić information content (AvgIpc) is 3.43. The lowest BCUT2D eigenvalue weighted by Crippen LogP contribution is -2.48. The minimum absolute atomic E-state index is 0.151. The molecule has 4 aromatic rings. The summed E-state index contributed by atoms with van der Waals surface area (Å²) in [7, 11) is 0. The van der Waals surface area contributed by atoms with Crippen molar-refractivity contribution in [2.24, 2.45) is 5.41 Å². The maximum Gasteiger partial charge on any atom is 0.270 e. The van der Waals surface area contributed by atoms with E-state index >= 15 is 0 Å². The van der Waals surface area contributed by atoms with Gasteiger partial charge in [-0.25, -0.2) is 0 Å². The highest BCUT2D eigenvalue weighted by molar-refractivity contribution is 6.32. The first-order chi connectivity index (χ1) is 19.4. The van der Waals surface area contributed by atoms with Gasteiger partial charge in [0.05, 0.1) is 11.0 Å². The predicted octanol–water partition coefficient (Wildman–Crippen LogP) is 5.91. The van der Waals surface area contributed by atoms with E-state index in [-0.39, 0.29) is 28.6 Å². The molecule has 0 N–H and O–H groups in total. The molecule has 2 heterocycles.